The SMILES string of the molecule is COc1ccc(Br)cc1CC(=O)C(OC)OC. The highest BCUT2D eigenvalue weighted by atomic mass is 79.9. The summed E-state index contributed by atoms with van der Waals surface area (Å²) in [4.78, 5) is 11.8. The number of halogens is 1. The molecule has 0 aliphatic heterocycles. The molecule has 0 saturated heterocycles. The molecule has 0 bridgehead atoms. The summed E-state index contributed by atoms with van der Waals surface area (Å²) >= 11 is 3.36. The quantitative estimate of drug-likeness (QED) is 0.756. The summed E-state index contributed by atoms with van der Waals surface area (Å²) in [6.45, 7) is 0. The third-order valence-corrected chi connectivity index (χ3v) is 2.79. The second-order valence-corrected chi connectivity index (χ2v) is 4.32. The Hall–Kier alpha value is -0.910. The summed E-state index contributed by atoms with van der Waals surface area (Å²) in [5, 5.41) is 0. The van der Waals surface area contributed by atoms with Gasteiger partial charge in [-0.15, -0.1) is 0 Å². The van der Waals surface area contributed by atoms with E-state index in [1.165, 1.54) is 14.2 Å². The zero-order valence-corrected chi connectivity index (χ0v) is 11.6. The van der Waals surface area contributed by atoms with Gasteiger partial charge in [0.1, 0.15) is 5.75 Å². The third kappa shape index (κ3) is 3.80. The van der Waals surface area contributed by atoms with Gasteiger partial charge in [0.05, 0.1) is 7.11 Å². The summed E-state index contributed by atoms with van der Waals surface area (Å²) in [5.41, 5.74) is 0.797. The van der Waals surface area contributed by atoms with Crippen molar-refractivity contribution in [2.75, 3.05) is 21.3 Å². The summed E-state index contributed by atoms with van der Waals surface area (Å²) < 4.78 is 15.9. The maximum atomic E-state index is 11.8. The van der Waals surface area contributed by atoms with Crippen LogP contribution in [-0.2, 0) is 20.7 Å². The number of Topliss-reactive ketones (excluding diaryl/α,β-unsaturated/α-hetero) is 1. The molecule has 94 valence electrons. The molecule has 0 fully saturated rings. The van der Waals surface area contributed by atoms with Crippen molar-refractivity contribution in [1.29, 1.82) is 0 Å². The molecule has 17 heavy (non-hydrogen) atoms. The molecule has 0 heterocycles. The average molecular weight is 303 g/mol. The van der Waals surface area contributed by atoms with E-state index in [-0.39, 0.29) is 12.2 Å². The molecule has 1 aromatic carbocycles. The third-order valence-electron chi connectivity index (χ3n) is 2.30. The van der Waals surface area contributed by atoms with Crippen LogP contribution in [0.2, 0.25) is 0 Å². The number of methoxy groups -OCH3 is 3. The second kappa shape index (κ2) is 6.74. The van der Waals surface area contributed by atoms with Gasteiger partial charge in [0.25, 0.3) is 0 Å². The molecular weight excluding hydrogens is 288 g/mol. The summed E-state index contributed by atoms with van der Waals surface area (Å²) in [6.07, 6.45) is -0.631. The molecule has 0 amide bonds. The lowest BCUT2D eigenvalue weighted by Crippen LogP contribution is -2.26. The normalized spacial score (nSPS) is 10.6. The van der Waals surface area contributed by atoms with Crippen molar-refractivity contribution in [2.45, 2.75) is 12.7 Å². The fourth-order valence-corrected chi connectivity index (χ4v) is 1.92. The predicted molar refractivity (Wildman–Crippen MR) is 67.2 cm³/mol. The minimum atomic E-state index is -0.835. The minimum Gasteiger partial charge on any atom is -0.496 e. The van der Waals surface area contributed by atoms with E-state index in [4.69, 9.17) is 14.2 Å². The van der Waals surface area contributed by atoms with Crippen molar-refractivity contribution in [3.63, 3.8) is 0 Å². The van der Waals surface area contributed by atoms with Crippen molar-refractivity contribution in [2.24, 2.45) is 0 Å². The van der Waals surface area contributed by atoms with Crippen molar-refractivity contribution in [3.05, 3.63) is 28.2 Å². The Balaban J connectivity index is 2.86. The summed E-state index contributed by atoms with van der Waals surface area (Å²) in [7, 11) is 4.44. The fourth-order valence-electron chi connectivity index (χ4n) is 1.52. The Kier molecular flexibility index (Phi) is 5.61. The molecule has 1 rings (SSSR count). The maximum absolute atomic E-state index is 11.8. The van der Waals surface area contributed by atoms with Gasteiger partial charge in [0.15, 0.2) is 5.78 Å². The first kappa shape index (κ1) is 14.2. The van der Waals surface area contributed by atoms with Crippen LogP contribution in [-0.4, -0.2) is 33.4 Å². The minimum absolute atomic E-state index is 0.147. The molecule has 0 aliphatic rings. The predicted octanol–water partition coefficient (Wildman–Crippen LogP) is 2.19. The summed E-state index contributed by atoms with van der Waals surface area (Å²) in [6, 6.07) is 5.51. The van der Waals surface area contributed by atoms with E-state index in [0.29, 0.717) is 5.75 Å². The van der Waals surface area contributed by atoms with Gasteiger partial charge in [-0.3, -0.25) is 4.79 Å². The first-order valence-electron chi connectivity index (χ1n) is 5.03. The molecule has 0 radical (unpaired) electrons. The topological polar surface area (TPSA) is 44.8 Å². The number of hydrogen-bond donors (Lipinski definition) is 0. The molecule has 0 aliphatic carbocycles. The van der Waals surface area contributed by atoms with E-state index in [0.717, 1.165) is 10.0 Å². The number of benzene rings is 1. The highest BCUT2D eigenvalue weighted by Gasteiger charge is 2.18. The van der Waals surface area contributed by atoms with Gasteiger partial charge in [-0.05, 0) is 18.2 Å². The number of ketones is 1. The van der Waals surface area contributed by atoms with Crippen molar-refractivity contribution in [1.82, 2.24) is 0 Å². The van der Waals surface area contributed by atoms with Gasteiger partial charge in [0, 0.05) is 30.7 Å². The smallest absolute Gasteiger partial charge is 0.217 e. The van der Waals surface area contributed by atoms with E-state index < -0.39 is 6.29 Å². The average Bonchev–Trinajstić information content (AvgIpc) is 2.31. The van der Waals surface area contributed by atoms with Crippen LogP contribution >= 0.6 is 15.9 Å². The number of carbonyl (C=O) groups is 1. The van der Waals surface area contributed by atoms with Crippen LogP contribution in [0.15, 0.2) is 22.7 Å². The largest absolute Gasteiger partial charge is 0.496 e. The Labute approximate surface area is 109 Å². The molecule has 5 heteroatoms. The molecule has 0 saturated carbocycles. The van der Waals surface area contributed by atoms with Gasteiger partial charge >= 0.3 is 0 Å². The summed E-state index contributed by atoms with van der Waals surface area (Å²) in [5.74, 6) is 0.527. The van der Waals surface area contributed by atoms with Crippen molar-refractivity contribution < 1.29 is 19.0 Å². The van der Waals surface area contributed by atoms with E-state index in [1.807, 2.05) is 12.1 Å². The highest BCUT2D eigenvalue weighted by molar-refractivity contribution is 9.10. The standard InChI is InChI=1S/C12H15BrO4/c1-15-11-5-4-9(13)6-8(11)7-10(14)12(16-2)17-3/h4-6,12H,7H2,1-3H3. The van der Waals surface area contributed by atoms with E-state index in [2.05, 4.69) is 15.9 Å². The Morgan fingerprint density at radius 1 is 1.29 bits per heavy atom. The van der Waals surface area contributed by atoms with Crippen LogP contribution < -0.4 is 4.74 Å². The molecule has 0 atom stereocenters. The fraction of sp³-hybridized carbons (Fsp3) is 0.417. The van der Waals surface area contributed by atoms with Gasteiger partial charge in [0.2, 0.25) is 6.29 Å². The van der Waals surface area contributed by atoms with Crippen LogP contribution in [0.5, 0.6) is 5.75 Å². The monoisotopic (exact) mass is 302 g/mol. The Bertz CT molecular complexity index is 388. The molecular formula is C12H15BrO4. The van der Waals surface area contributed by atoms with Gasteiger partial charge < -0.3 is 14.2 Å². The van der Waals surface area contributed by atoms with E-state index in [9.17, 15) is 4.79 Å². The Morgan fingerprint density at radius 3 is 2.47 bits per heavy atom. The molecule has 0 unspecified atom stereocenters. The van der Waals surface area contributed by atoms with E-state index >= 15 is 0 Å². The van der Waals surface area contributed by atoms with E-state index in [1.54, 1.807) is 13.2 Å². The zero-order valence-electron chi connectivity index (χ0n) is 10.0. The number of ether oxygens (including phenoxy) is 3. The lowest BCUT2D eigenvalue weighted by atomic mass is 10.1. The molecule has 0 spiro atoms. The van der Waals surface area contributed by atoms with Crippen LogP contribution in [0.1, 0.15) is 5.56 Å². The lowest BCUT2D eigenvalue weighted by molar-refractivity contribution is -0.155. The number of carbonyl (C=O) groups excluding carboxylic acids is 1. The van der Waals surface area contributed by atoms with Crippen molar-refractivity contribution in [3.8, 4) is 5.75 Å². The van der Waals surface area contributed by atoms with Crippen molar-refractivity contribution >= 4 is 21.7 Å². The molecule has 0 N–H and O–H groups in total. The lowest BCUT2D eigenvalue weighted by Gasteiger charge is -2.13. The number of hydrogen-bond acceptors (Lipinski definition) is 4. The highest BCUT2D eigenvalue weighted by Crippen LogP contribution is 2.24. The Morgan fingerprint density at radius 2 is 1.94 bits per heavy atom. The molecule has 0 aromatic heterocycles. The second-order valence-electron chi connectivity index (χ2n) is 3.40. The van der Waals surface area contributed by atoms with Crippen LogP contribution in [0.3, 0.4) is 0 Å². The molecule has 4 nitrogen and oxygen atoms in total. The maximum Gasteiger partial charge on any atom is 0.217 e. The van der Waals surface area contributed by atoms with Crippen LogP contribution in [0.25, 0.3) is 0 Å². The first-order valence-corrected chi connectivity index (χ1v) is 5.82. The zero-order chi connectivity index (χ0) is 12.8. The van der Waals surface area contributed by atoms with Gasteiger partial charge in [-0.25, -0.2) is 0 Å². The molecule has 1 aromatic rings. The van der Waals surface area contributed by atoms with Crippen LogP contribution in [0.4, 0.5) is 0 Å². The van der Waals surface area contributed by atoms with Gasteiger partial charge in [-0.1, -0.05) is 15.9 Å². The first-order chi connectivity index (χ1) is 8.12. The van der Waals surface area contributed by atoms with Gasteiger partial charge in [-0.2, -0.15) is 0 Å². The number of rotatable bonds is 6. The van der Waals surface area contributed by atoms with Crippen LogP contribution in [0, 0.1) is 0 Å².